The number of nitroso groups, excluding NO2 is 1. The van der Waals surface area contributed by atoms with E-state index in [1.54, 1.807) is 12.3 Å². The highest BCUT2D eigenvalue weighted by Gasteiger charge is 2.20. The molecule has 0 aromatic heterocycles. The van der Waals surface area contributed by atoms with Crippen molar-refractivity contribution in [3.05, 3.63) is 43.8 Å². The molecule has 1 aromatic carbocycles. The van der Waals surface area contributed by atoms with Gasteiger partial charge in [-0.3, -0.25) is 10.1 Å². The molecule has 7 heteroatoms. The highest BCUT2D eigenvalue weighted by molar-refractivity contribution is 7.99. The maximum atomic E-state index is 10.8. The molecule has 86 valence electrons. The van der Waals surface area contributed by atoms with Gasteiger partial charge in [-0.05, 0) is 12.3 Å². The topological polar surface area (TPSA) is 72.6 Å². The fourth-order valence-corrected chi connectivity index (χ4v) is 1.92. The monoisotopic (exact) mass is 260 g/mol. The summed E-state index contributed by atoms with van der Waals surface area (Å²) in [7, 11) is 0. The van der Waals surface area contributed by atoms with E-state index in [4.69, 9.17) is 11.6 Å². The Bertz CT molecular complexity index is 414. The molecule has 0 aliphatic rings. The second-order valence-corrected chi connectivity index (χ2v) is 4.42. The predicted octanol–water partition coefficient (Wildman–Crippen LogP) is 3.25. The largest absolute Gasteiger partial charge is 0.274 e. The lowest BCUT2D eigenvalue weighted by Crippen LogP contribution is -2.05. The van der Waals surface area contributed by atoms with Crippen LogP contribution < -0.4 is 0 Å². The lowest BCUT2D eigenvalue weighted by atomic mass is 10.1. The predicted molar refractivity (Wildman–Crippen MR) is 64.9 cm³/mol. The molecule has 0 saturated heterocycles. The Morgan fingerprint density at radius 2 is 2.31 bits per heavy atom. The normalized spacial score (nSPS) is 12.1. The van der Waals surface area contributed by atoms with Crippen LogP contribution in [-0.2, 0) is 6.42 Å². The average Bonchev–Trinajstić information content (AvgIpc) is 2.27. The van der Waals surface area contributed by atoms with Crippen LogP contribution in [0.4, 0.5) is 5.69 Å². The zero-order valence-corrected chi connectivity index (χ0v) is 9.99. The Morgan fingerprint density at radius 3 is 2.81 bits per heavy atom. The summed E-state index contributed by atoms with van der Waals surface area (Å²) in [6.45, 7) is 0. The summed E-state index contributed by atoms with van der Waals surface area (Å²) >= 11 is 7.11. The lowest BCUT2D eigenvalue weighted by molar-refractivity contribution is -0.385. The Balaban J connectivity index is 3.10. The molecule has 16 heavy (non-hydrogen) atoms. The van der Waals surface area contributed by atoms with E-state index in [1.165, 1.54) is 23.9 Å². The molecular weight excluding hydrogens is 252 g/mol. The van der Waals surface area contributed by atoms with Crippen molar-refractivity contribution in [2.45, 2.75) is 11.8 Å². The van der Waals surface area contributed by atoms with E-state index in [2.05, 4.69) is 5.18 Å². The first kappa shape index (κ1) is 12.9. The molecule has 0 aliphatic carbocycles. The van der Waals surface area contributed by atoms with Crippen LogP contribution in [0.5, 0.6) is 0 Å². The first-order valence-electron chi connectivity index (χ1n) is 4.37. The van der Waals surface area contributed by atoms with Crippen LogP contribution in [0.1, 0.15) is 5.56 Å². The van der Waals surface area contributed by atoms with Gasteiger partial charge in [0.05, 0.1) is 15.5 Å². The molecule has 0 amide bonds. The maximum absolute atomic E-state index is 10.8. The zero-order valence-electron chi connectivity index (χ0n) is 8.42. The first-order chi connectivity index (χ1) is 7.60. The highest BCUT2D eigenvalue weighted by atomic mass is 35.5. The van der Waals surface area contributed by atoms with Gasteiger partial charge in [-0.1, -0.05) is 22.8 Å². The molecular formula is C9H9ClN2O3S. The van der Waals surface area contributed by atoms with Gasteiger partial charge in [-0.25, -0.2) is 0 Å². The quantitative estimate of drug-likeness (QED) is 0.463. The first-order valence-corrected chi connectivity index (χ1v) is 6.03. The number of hydrogen-bond donors (Lipinski definition) is 0. The third-order valence-electron chi connectivity index (χ3n) is 2.06. The van der Waals surface area contributed by atoms with Crippen LogP contribution in [0, 0.1) is 15.0 Å². The number of thioether (sulfide) groups is 1. The van der Waals surface area contributed by atoms with Gasteiger partial charge < -0.3 is 0 Å². The molecule has 0 saturated carbocycles. The van der Waals surface area contributed by atoms with Crippen LogP contribution >= 0.6 is 23.4 Å². The van der Waals surface area contributed by atoms with Crippen molar-refractivity contribution >= 4 is 29.1 Å². The second-order valence-electron chi connectivity index (χ2n) is 2.99. The van der Waals surface area contributed by atoms with E-state index in [9.17, 15) is 15.0 Å². The summed E-state index contributed by atoms with van der Waals surface area (Å²) in [6.07, 6.45) is 1.88. The van der Waals surface area contributed by atoms with E-state index in [1.807, 2.05) is 0 Å². The number of benzene rings is 1. The molecule has 1 unspecified atom stereocenters. The van der Waals surface area contributed by atoms with Gasteiger partial charge in [0.1, 0.15) is 5.37 Å². The Morgan fingerprint density at radius 1 is 1.62 bits per heavy atom. The summed E-state index contributed by atoms with van der Waals surface area (Å²) in [4.78, 5) is 20.7. The van der Waals surface area contributed by atoms with Gasteiger partial charge in [0.2, 0.25) is 0 Å². The number of hydrogen-bond acceptors (Lipinski definition) is 5. The fourth-order valence-electron chi connectivity index (χ4n) is 1.26. The summed E-state index contributed by atoms with van der Waals surface area (Å²) in [6, 6.07) is 4.43. The van der Waals surface area contributed by atoms with Crippen LogP contribution in [0.15, 0.2) is 23.4 Å². The number of nitro groups is 1. The minimum absolute atomic E-state index is 0.0739. The zero-order chi connectivity index (χ0) is 12.1. The van der Waals surface area contributed by atoms with Crippen molar-refractivity contribution < 1.29 is 4.92 Å². The second kappa shape index (κ2) is 5.81. The highest BCUT2D eigenvalue weighted by Crippen LogP contribution is 2.29. The molecule has 0 bridgehead atoms. The molecule has 0 fully saturated rings. The van der Waals surface area contributed by atoms with E-state index in [0.29, 0.717) is 5.56 Å². The van der Waals surface area contributed by atoms with E-state index in [-0.39, 0.29) is 17.1 Å². The maximum Gasteiger partial charge on any atom is 0.274 e. The van der Waals surface area contributed by atoms with Crippen LogP contribution in [0.3, 0.4) is 0 Å². The summed E-state index contributed by atoms with van der Waals surface area (Å²) in [5.41, 5.74) is 0.281. The van der Waals surface area contributed by atoms with E-state index in [0.717, 1.165) is 0 Å². The minimum Gasteiger partial charge on any atom is -0.258 e. The SMILES string of the molecule is CSC(Cc1c(Cl)cccc1[N+](=O)[O-])N=O. The molecule has 1 aromatic rings. The van der Waals surface area contributed by atoms with Crippen LogP contribution in [0.25, 0.3) is 0 Å². The van der Waals surface area contributed by atoms with Crippen LogP contribution in [-0.4, -0.2) is 16.6 Å². The van der Waals surface area contributed by atoms with Gasteiger partial charge >= 0.3 is 0 Å². The Hall–Kier alpha value is -1.14. The number of rotatable bonds is 5. The van der Waals surface area contributed by atoms with E-state index < -0.39 is 10.3 Å². The molecule has 0 radical (unpaired) electrons. The van der Waals surface area contributed by atoms with Gasteiger partial charge in [-0.15, -0.1) is 16.7 Å². The molecule has 0 N–H and O–H groups in total. The van der Waals surface area contributed by atoms with Gasteiger partial charge in [0.15, 0.2) is 0 Å². The molecule has 0 spiro atoms. The van der Waals surface area contributed by atoms with Crippen molar-refractivity contribution in [2.75, 3.05) is 6.26 Å². The number of nitro benzene ring substituents is 1. The molecule has 0 heterocycles. The molecule has 5 nitrogen and oxygen atoms in total. The molecule has 1 atom stereocenters. The third kappa shape index (κ3) is 2.93. The van der Waals surface area contributed by atoms with Crippen LogP contribution in [0.2, 0.25) is 5.02 Å². The average molecular weight is 261 g/mol. The van der Waals surface area contributed by atoms with Crippen molar-refractivity contribution in [1.82, 2.24) is 0 Å². The third-order valence-corrected chi connectivity index (χ3v) is 3.21. The smallest absolute Gasteiger partial charge is 0.258 e. The summed E-state index contributed by atoms with van der Waals surface area (Å²) in [5.74, 6) is 0. The van der Waals surface area contributed by atoms with Crippen molar-refractivity contribution in [2.24, 2.45) is 5.18 Å². The fraction of sp³-hybridized carbons (Fsp3) is 0.333. The van der Waals surface area contributed by atoms with Gasteiger partial charge in [-0.2, -0.15) is 0 Å². The van der Waals surface area contributed by atoms with E-state index >= 15 is 0 Å². The number of nitrogens with zero attached hydrogens (tertiary/aromatic N) is 2. The number of halogens is 1. The Labute approximate surface area is 101 Å². The summed E-state index contributed by atoms with van der Waals surface area (Å²) < 4.78 is 0. The standard InChI is InChI=1S/C9H9ClN2O3S/c1-16-9(11-13)5-6-7(10)3-2-4-8(6)12(14)15/h2-4,9H,5H2,1H3. The van der Waals surface area contributed by atoms with Crippen molar-refractivity contribution in [3.63, 3.8) is 0 Å². The Kier molecular flexibility index (Phi) is 4.70. The van der Waals surface area contributed by atoms with Crippen molar-refractivity contribution in [3.8, 4) is 0 Å². The van der Waals surface area contributed by atoms with Crippen molar-refractivity contribution in [1.29, 1.82) is 0 Å². The van der Waals surface area contributed by atoms with Gasteiger partial charge in [0.25, 0.3) is 5.69 Å². The lowest BCUT2D eigenvalue weighted by Gasteiger charge is -2.07. The summed E-state index contributed by atoms with van der Waals surface area (Å²) in [5, 5.41) is 13.4. The minimum atomic E-state index is -0.557. The molecule has 1 rings (SSSR count). The molecule has 0 aliphatic heterocycles. The van der Waals surface area contributed by atoms with Gasteiger partial charge in [0, 0.05) is 12.5 Å².